The molecule has 0 bridgehead atoms. The number of hydrogen-bond donors (Lipinski definition) is 1. The van der Waals surface area contributed by atoms with Crippen molar-refractivity contribution in [3.8, 4) is 0 Å². The van der Waals surface area contributed by atoms with E-state index in [2.05, 4.69) is 12.2 Å². The molecule has 0 fully saturated rings. The van der Waals surface area contributed by atoms with Crippen LogP contribution in [0.5, 0.6) is 0 Å². The first-order valence-corrected chi connectivity index (χ1v) is 6.49. The normalized spacial score (nSPS) is 12.3. The number of rotatable bonds is 6. The third kappa shape index (κ3) is 5.21. The van der Waals surface area contributed by atoms with E-state index in [0.717, 1.165) is 5.69 Å². The molecule has 0 aromatic heterocycles. The largest absolute Gasteiger partial charge is 0.462 e. The van der Waals surface area contributed by atoms with E-state index in [1.165, 1.54) is 5.56 Å². The zero-order valence-corrected chi connectivity index (χ0v) is 11.7. The molecule has 1 rings (SSSR count). The minimum absolute atomic E-state index is 0.0168. The molecule has 0 spiro atoms. The molecule has 0 heterocycles. The van der Waals surface area contributed by atoms with Gasteiger partial charge in [0.1, 0.15) is 6.10 Å². The van der Waals surface area contributed by atoms with Gasteiger partial charge in [-0.15, -0.1) is 0 Å². The maximum Gasteiger partial charge on any atom is 0.307 e. The average molecular weight is 249 g/mol. The monoisotopic (exact) mass is 249 g/mol. The molecular formula is C15H23NO2. The first kappa shape index (κ1) is 14.6. The van der Waals surface area contributed by atoms with Gasteiger partial charge in [0.15, 0.2) is 0 Å². The SMILES string of the molecule is Cc1ccc(NCCC(=O)OC(C)C(C)C)cc1. The van der Waals surface area contributed by atoms with E-state index in [1.54, 1.807) is 0 Å². The molecule has 1 unspecified atom stereocenters. The van der Waals surface area contributed by atoms with Gasteiger partial charge in [-0.05, 0) is 31.9 Å². The summed E-state index contributed by atoms with van der Waals surface area (Å²) in [4.78, 5) is 11.5. The van der Waals surface area contributed by atoms with Crippen LogP contribution in [0.4, 0.5) is 5.69 Å². The highest BCUT2D eigenvalue weighted by molar-refractivity contribution is 5.70. The first-order valence-electron chi connectivity index (χ1n) is 6.49. The van der Waals surface area contributed by atoms with Gasteiger partial charge in [0, 0.05) is 12.2 Å². The summed E-state index contributed by atoms with van der Waals surface area (Å²) in [6.07, 6.45) is 0.377. The average Bonchev–Trinajstić information content (AvgIpc) is 2.31. The lowest BCUT2D eigenvalue weighted by Gasteiger charge is -2.16. The van der Waals surface area contributed by atoms with Crippen molar-refractivity contribution in [3.63, 3.8) is 0 Å². The second kappa shape index (κ2) is 7.04. The molecule has 100 valence electrons. The van der Waals surface area contributed by atoms with Crippen LogP contribution in [0.2, 0.25) is 0 Å². The van der Waals surface area contributed by atoms with E-state index in [1.807, 2.05) is 45.0 Å². The zero-order valence-electron chi connectivity index (χ0n) is 11.7. The summed E-state index contributed by atoms with van der Waals surface area (Å²) in [6.45, 7) is 8.67. The molecule has 1 aromatic rings. The van der Waals surface area contributed by atoms with Gasteiger partial charge in [0.2, 0.25) is 0 Å². The quantitative estimate of drug-likeness (QED) is 0.785. The molecule has 1 atom stereocenters. The van der Waals surface area contributed by atoms with Gasteiger partial charge in [-0.1, -0.05) is 31.5 Å². The van der Waals surface area contributed by atoms with E-state index in [9.17, 15) is 4.79 Å². The number of carbonyl (C=O) groups is 1. The Morgan fingerprint density at radius 1 is 1.22 bits per heavy atom. The molecule has 0 radical (unpaired) electrons. The van der Waals surface area contributed by atoms with Crippen LogP contribution in [0.15, 0.2) is 24.3 Å². The summed E-state index contributed by atoms with van der Waals surface area (Å²) in [5, 5.41) is 3.20. The van der Waals surface area contributed by atoms with Crippen LogP contribution in [0, 0.1) is 12.8 Å². The van der Waals surface area contributed by atoms with Crippen molar-refractivity contribution < 1.29 is 9.53 Å². The number of anilines is 1. The van der Waals surface area contributed by atoms with E-state index < -0.39 is 0 Å². The summed E-state index contributed by atoms with van der Waals surface area (Å²) < 4.78 is 5.29. The molecule has 3 nitrogen and oxygen atoms in total. The van der Waals surface area contributed by atoms with Gasteiger partial charge in [-0.2, -0.15) is 0 Å². The summed E-state index contributed by atoms with van der Waals surface area (Å²) in [5.41, 5.74) is 2.26. The lowest BCUT2D eigenvalue weighted by Crippen LogP contribution is -2.21. The van der Waals surface area contributed by atoms with Crippen molar-refractivity contribution in [1.29, 1.82) is 0 Å². The van der Waals surface area contributed by atoms with Gasteiger partial charge in [0.05, 0.1) is 6.42 Å². The topological polar surface area (TPSA) is 38.3 Å². The Labute approximate surface area is 110 Å². The second-order valence-corrected chi connectivity index (χ2v) is 4.98. The molecule has 1 aromatic carbocycles. The molecule has 3 heteroatoms. The summed E-state index contributed by atoms with van der Waals surface area (Å²) in [6, 6.07) is 8.11. The van der Waals surface area contributed by atoms with E-state index in [0.29, 0.717) is 18.9 Å². The van der Waals surface area contributed by atoms with Crippen LogP contribution < -0.4 is 5.32 Å². The van der Waals surface area contributed by atoms with Crippen LogP contribution in [0.1, 0.15) is 32.8 Å². The molecule has 0 aliphatic carbocycles. The van der Waals surface area contributed by atoms with Crippen LogP contribution in [-0.2, 0) is 9.53 Å². The molecule has 18 heavy (non-hydrogen) atoms. The number of esters is 1. The van der Waals surface area contributed by atoms with Gasteiger partial charge >= 0.3 is 5.97 Å². The third-order valence-corrected chi connectivity index (χ3v) is 2.97. The highest BCUT2D eigenvalue weighted by Crippen LogP contribution is 2.09. The summed E-state index contributed by atoms with van der Waals surface area (Å²) in [7, 11) is 0. The fourth-order valence-electron chi connectivity index (χ4n) is 1.38. The van der Waals surface area contributed by atoms with Crippen molar-refractivity contribution >= 4 is 11.7 Å². The fraction of sp³-hybridized carbons (Fsp3) is 0.533. The molecule has 0 aliphatic heterocycles. The number of ether oxygens (including phenoxy) is 1. The summed E-state index contributed by atoms with van der Waals surface area (Å²) in [5.74, 6) is 0.217. The number of carbonyl (C=O) groups excluding carboxylic acids is 1. The van der Waals surface area contributed by atoms with E-state index >= 15 is 0 Å². The maximum atomic E-state index is 11.5. The van der Waals surface area contributed by atoms with Crippen molar-refractivity contribution in [2.45, 2.75) is 40.2 Å². The first-order chi connectivity index (χ1) is 8.49. The smallest absolute Gasteiger partial charge is 0.307 e. The molecule has 1 N–H and O–H groups in total. The molecule has 0 saturated carbocycles. The maximum absolute atomic E-state index is 11.5. The van der Waals surface area contributed by atoms with Gasteiger partial charge in [0.25, 0.3) is 0 Å². The Bertz CT molecular complexity index is 371. The predicted octanol–water partition coefficient (Wildman–Crippen LogP) is 3.38. The minimum atomic E-state index is -0.143. The van der Waals surface area contributed by atoms with E-state index in [4.69, 9.17) is 4.74 Å². The van der Waals surface area contributed by atoms with Crippen LogP contribution >= 0.6 is 0 Å². The standard InChI is InChI=1S/C15H23NO2/c1-11(2)13(4)18-15(17)9-10-16-14-7-5-12(3)6-8-14/h5-8,11,13,16H,9-10H2,1-4H3. The Balaban J connectivity index is 2.25. The Kier molecular flexibility index (Phi) is 5.69. The highest BCUT2D eigenvalue weighted by Gasteiger charge is 2.12. The van der Waals surface area contributed by atoms with Crippen molar-refractivity contribution in [2.75, 3.05) is 11.9 Å². The highest BCUT2D eigenvalue weighted by atomic mass is 16.5. The zero-order chi connectivity index (χ0) is 13.5. The number of aryl methyl sites for hydroxylation is 1. The fourth-order valence-corrected chi connectivity index (χ4v) is 1.38. The molecule has 0 amide bonds. The van der Waals surface area contributed by atoms with E-state index in [-0.39, 0.29) is 12.1 Å². The Hall–Kier alpha value is -1.51. The molecule has 0 saturated heterocycles. The van der Waals surface area contributed by atoms with Crippen molar-refractivity contribution in [1.82, 2.24) is 0 Å². The lowest BCUT2D eigenvalue weighted by molar-refractivity contribution is -0.149. The Morgan fingerprint density at radius 2 is 1.83 bits per heavy atom. The molecular weight excluding hydrogens is 226 g/mol. The van der Waals surface area contributed by atoms with Crippen molar-refractivity contribution in [2.24, 2.45) is 5.92 Å². The van der Waals surface area contributed by atoms with Gasteiger partial charge in [-0.3, -0.25) is 4.79 Å². The second-order valence-electron chi connectivity index (χ2n) is 4.98. The third-order valence-electron chi connectivity index (χ3n) is 2.97. The minimum Gasteiger partial charge on any atom is -0.462 e. The number of benzene rings is 1. The van der Waals surface area contributed by atoms with Gasteiger partial charge < -0.3 is 10.1 Å². The van der Waals surface area contributed by atoms with Crippen LogP contribution in [-0.4, -0.2) is 18.6 Å². The Morgan fingerprint density at radius 3 is 2.39 bits per heavy atom. The lowest BCUT2D eigenvalue weighted by atomic mass is 10.1. The van der Waals surface area contributed by atoms with Crippen LogP contribution in [0.25, 0.3) is 0 Å². The van der Waals surface area contributed by atoms with Gasteiger partial charge in [-0.25, -0.2) is 0 Å². The molecule has 0 aliphatic rings. The predicted molar refractivity (Wildman–Crippen MR) is 74.7 cm³/mol. The number of nitrogens with one attached hydrogen (secondary N) is 1. The van der Waals surface area contributed by atoms with Crippen LogP contribution in [0.3, 0.4) is 0 Å². The van der Waals surface area contributed by atoms with Crippen molar-refractivity contribution in [3.05, 3.63) is 29.8 Å². The summed E-state index contributed by atoms with van der Waals surface area (Å²) >= 11 is 0. The number of hydrogen-bond acceptors (Lipinski definition) is 3.